The van der Waals surface area contributed by atoms with Crippen LogP contribution in [0.5, 0.6) is 5.75 Å². The number of benzene rings is 1. The van der Waals surface area contributed by atoms with E-state index >= 15 is 0 Å². The minimum absolute atomic E-state index is 0.0602. The quantitative estimate of drug-likeness (QED) is 0.823. The van der Waals surface area contributed by atoms with Crippen LogP contribution >= 0.6 is 0 Å². The van der Waals surface area contributed by atoms with Gasteiger partial charge in [0.1, 0.15) is 0 Å². The fourth-order valence-corrected chi connectivity index (χ4v) is 1.91. The van der Waals surface area contributed by atoms with Gasteiger partial charge < -0.3 is 15.2 Å². The highest BCUT2D eigenvalue weighted by Crippen LogP contribution is 2.30. The molecule has 0 saturated heterocycles. The lowest BCUT2D eigenvalue weighted by atomic mass is 9.92. The van der Waals surface area contributed by atoms with Crippen LogP contribution in [-0.2, 0) is 5.54 Å². The average molecular weight is 239 g/mol. The Morgan fingerprint density at radius 3 is 2.71 bits per heavy atom. The van der Waals surface area contributed by atoms with Crippen LogP contribution in [0.3, 0.4) is 0 Å². The molecule has 0 aromatic heterocycles. The summed E-state index contributed by atoms with van der Waals surface area (Å²) in [6.45, 7) is 1.82. The summed E-state index contributed by atoms with van der Waals surface area (Å²) in [4.78, 5) is 0. The average Bonchev–Trinajstić information content (AvgIpc) is 3.12. The van der Waals surface area contributed by atoms with Crippen molar-refractivity contribution in [3.05, 3.63) is 29.6 Å². The van der Waals surface area contributed by atoms with Crippen LogP contribution in [0.1, 0.15) is 25.3 Å². The first-order valence-corrected chi connectivity index (χ1v) is 5.81. The summed E-state index contributed by atoms with van der Waals surface area (Å²) in [6.07, 6.45) is 2.24. The Balaban J connectivity index is 2.26. The first kappa shape index (κ1) is 12.3. The lowest BCUT2D eigenvalue weighted by Gasteiger charge is -2.29. The number of aliphatic hydroxyl groups is 1. The summed E-state index contributed by atoms with van der Waals surface area (Å²) >= 11 is 0. The molecule has 0 spiro atoms. The highest BCUT2D eigenvalue weighted by molar-refractivity contribution is 5.33. The first-order valence-electron chi connectivity index (χ1n) is 5.81. The first-order chi connectivity index (χ1) is 8.09. The van der Waals surface area contributed by atoms with Gasteiger partial charge in [-0.3, -0.25) is 0 Å². The fourth-order valence-electron chi connectivity index (χ4n) is 1.91. The molecule has 2 rings (SSSR count). The molecule has 0 heterocycles. The molecule has 1 aliphatic rings. The van der Waals surface area contributed by atoms with E-state index < -0.39 is 11.4 Å². The molecule has 0 aliphatic heterocycles. The third-order valence-corrected chi connectivity index (χ3v) is 3.21. The molecule has 1 aromatic rings. The molecule has 0 bridgehead atoms. The van der Waals surface area contributed by atoms with Gasteiger partial charge in [0.15, 0.2) is 11.6 Å². The molecular weight excluding hydrogens is 221 g/mol. The molecule has 2 N–H and O–H groups in total. The largest absolute Gasteiger partial charge is 0.494 e. The SMILES string of the molecule is COc1ccc(C(C)(CO)NC2CC2)cc1F. The van der Waals surface area contributed by atoms with E-state index in [-0.39, 0.29) is 12.4 Å². The van der Waals surface area contributed by atoms with E-state index in [1.165, 1.54) is 13.2 Å². The van der Waals surface area contributed by atoms with E-state index in [2.05, 4.69) is 5.32 Å². The van der Waals surface area contributed by atoms with E-state index in [1.807, 2.05) is 6.92 Å². The highest BCUT2D eigenvalue weighted by Gasteiger charge is 2.33. The van der Waals surface area contributed by atoms with Crippen molar-refractivity contribution in [2.24, 2.45) is 0 Å². The van der Waals surface area contributed by atoms with E-state index in [4.69, 9.17) is 4.74 Å². The monoisotopic (exact) mass is 239 g/mol. The standard InChI is InChI=1S/C13H18FNO2/c1-13(8-16,15-10-4-5-10)9-3-6-12(17-2)11(14)7-9/h3,6-7,10,15-16H,4-5,8H2,1-2H3. The third kappa shape index (κ3) is 2.58. The maximum atomic E-state index is 13.6. The molecular formula is C13H18FNO2. The number of nitrogens with one attached hydrogen (secondary N) is 1. The van der Waals surface area contributed by atoms with Gasteiger partial charge in [-0.1, -0.05) is 6.07 Å². The maximum Gasteiger partial charge on any atom is 0.165 e. The van der Waals surface area contributed by atoms with Crippen LogP contribution < -0.4 is 10.1 Å². The second-order valence-corrected chi connectivity index (χ2v) is 4.76. The van der Waals surface area contributed by atoms with Gasteiger partial charge in [-0.2, -0.15) is 0 Å². The smallest absolute Gasteiger partial charge is 0.165 e. The molecule has 4 heteroatoms. The normalized spacial score (nSPS) is 18.8. The molecule has 94 valence electrons. The molecule has 1 aromatic carbocycles. The van der Waals surface area contributed by atoms with Crippen molar-refractivity contribution in [1.29, 1.82) is 0 Å². The van der Waals surface area contributed by atoms with Crippen LogP contribution in [0.2, 0.25) is 0 Å². The predicted molar refractivity (Wildman–Crippen MR) is 63.5 cm³/mol. The van der Waals surface area contributed by atoms with Crippen LogP contribution in [0.4, 0.5) is 4.39 Å². The molecule has 17 heavy (non-hydrogen) atoms. The molecule has 3 nitrogen and oxygen atoms in total. The van der Waals surface area contributed by atoms with Crippen LogP contribution in [-0.4, -0.2) is 24.9 Å². The summed E-state index contributed by atoms with van der Waals surface area (Å²) in [5.74, 6) is -0.178. The fraction of sp³-hybridized carbons (Fsp3) is 0.538. The van der Waals surface area contributed by atoms with Gasteiger partial charge in [0.2, 0.25) is 0 Å². The van der Waals surface area contributed by atoms with Gasteiger partial charge >= 0.3 is 0 Å². The van der Waals surface area contributed by atoms with Crippen molar-refractivity contribution in [3.63, 3.8) is 0 Å². The van der Waals surface area contributed by atoms with E-state index in [0.717, 1.165) is 18.4 Å². The van der Waals surface area contributed by atoms with Gasteiger partial charge in [0.25, 0.3) is 0 Å². The molecule has 0 amide bonds. The molecule has 1 fully saturated rings. The number of aliphatic hydroxyl groups excluding tert-OH is 1. The Bertz CT molecular complexity index is 406. The van der Waals surface area contributed by atoms with Gasteiger partial charge in [0.05, 0.1) is 19.3 Å². The molecule has 1 unspecified atom stereocenters. The van der Waals surface area contributed by atoms with Crippen molar-refractivity contribution < 1.29 is 14.2 Å². The minimum atomic E-state index is -0.589. The number of hydrogen-bond acceptors (Lipinski definition) is 3. The Labute approximate surface area is 101 Å². The topological polar surface area (TPSA) is 41.5 Å². The Hall–Kier alpha value is -1.13. The molecule has 1 atom stereocenters. The van der Waals surface area contributed by atoms with Crippen molar-refractivity contribution in [2.75, 3.05) is 13.7 Å². The second kappa shape index (κ2) is 4.63. The Kier molecular flexibility index (Phi) is 3.35. The predicted octanol–water partition coefficient (Wildman–Crippen LogP) is 1.79. The van der Waals surface area contributed by atoms with Crippen molar-refractivity contribution >= 4 is 0 Å². The highest BCUT2D eigenvalue weighted by atomic mass is 19.1. The van der Waals surface area contributed by atoms with Crippen molar-refractivity contribution in [2.45, 2.75) is 31.3 Å². The van der Waals surface area contributed by atoms with Crippen LogP contribution in [0, 0.1) is 5.82 Å². The zero-order valence-corrected chi connectivity index (χ0v) is 10.2. The lowest BCUT2D eigenvalue weighted by molar-refractivity contribution is 0.173. The molecule has 1 saturated carbocycles. The number of hydrogen-bond donors (Lipinski definition) is 2. The van der Waals surface area contributed by atoms with E-state index in [9.17, 15) is 9.50 Å². The summed E-state index contributed by atoms with van der Waals surface area (Å²) < 4.78 is 18.5. The Morgan fingerprint density at radius 2 is 2.24 bits per heavy atom. The van der Waals surface area contributed by atoms with E-state index in [0.29, 0.717) is 6.04 Å². The summed E-state index contributed by atoms with van der Waals surface area (Å²) in [6, 6.07) is 5.24. The Morgan fingerprint density at radius 1 is 1.53 bits per heavy atom. The number of rotatable bonds is 5. The van der Waals surface area contributed by atoms with Gasteiger partial charge in [-0.05, 0) is 37.5 Å². The van der Waals surface area contributed by atoms with Gasteiger partial charge in [-0.15, -0.1) is 0 Å². The molecule has 0 radical (unpaired) electrons. The third-order valence-electron chi connectivity index (χ3n) is 3.21. The summed E-state index contributed by atoms with van der Waals surface area (Å²) in [7, 11) is 1.44. The molecule has 1 aliphatic carbocycles. The zero-order valence-electron chi connectivity index (χ0n) is 10.2. The number of methoxy groups -OCH3 is 1. The van der Waals surface area contributed by atoms with Crippen molar-refractivity contribution in [3.8, 4) is 5.75 Å². The van der Waals surface area contributed by atoms with Crippen molar-refractivity contribution in [1.82, 2.24) is 5.32 Å². The van der Waals surface area contributed by atoms with Gasteiger partial charge in [-0.25, -0.2) is 4.39 Å². The maximum absolute atomic E-state index is 13.6. The van der Waals surface area contributed by atoms with E-state index in [1.54, 1.807) is 12.1 Å². The zero-order chi connectivity index (χ0) is 12.5. The summed E-state index contributed by atoms with van der Waals surface area (Å²) in [5, 5.41) is 12.9. The van der Waals surface area contributed by atoms with Crippen LogP contribution in [0.15, 0.2) is 18.2 Å². The van der Waals surface area contributed by atoms with Gasteiger partial charge in [0, 0.05) is 6.04 Å². The van der Waals surface area contributed by atoms with Crippen LogP contribution in [0.25, 0.3) is 0 Å². The number of halogens is 1. The summed E-state index contributed by atoms with van der Waals surface area (Å²) in [5.41, 5.74) is 0.152. The minimum Gasteiger partial charge on any atom is -0.494 e. The lowest BCUT2D eigenvalue weighted by Crippen LogP contribution is -2.44. The number of ether oxygens (including phenoxy) is 1. The second-order valence-electron chi connectivity index (χ2n) is 4.76.